The summed E-state index contributed by atoms with van der Waals surface area (Å²) in [4.78, 5) is 18.1. The van der Waals surface area contributed by atoms with Crippen molar-refractivity contribution >= 4 is 27.1 Å². The first-order chi connectivity index (χ1) is 9.89. The molecule has 2 fully saturated rings. The minimum absolute atomic E-state index is 0.0197. The van der Waals surface area contributed by atoms with Crippen molar-refractivity contribution in [1.82, 2.24) is 9.88 Å². The molecule has 1 amide bonds. The molecule has 6 nitrogen and oxygen atoms in total. The summed E-state index contributed by atoms with van der Waals surface area (Å²) in [6.07, 6.45) is 0.619. The Kier molecular flexibility index (Phi) is 3.58. The minimum atomic E-state index is -3.16. The summed E-state index contributed by atoms with van der Waals surface area (Å²) in [6, 6.07) is 0. The number of amides is 1. The highest BCUT2D eigenvalue weighted by Crippen LogP contribution is 2.45. The van der Waals surface area contributed by atoms with Crippen molar-refractivity contribution in [2.45, 2.75) is 18.1 Å². The maximum atomic E-state index is 12.4. The van der Waals surface area contributed by atoms with Crippen LogP contribution in [0.1, 0.15) is 21.9 Å². The lowest BCUT2D eigenvalue weighted by Gasteiger charge is -2.49. The van der Waals surface area contributed by atoms with E-state index in [1.165, 1.54) is 11.3 Å². The standard InChI is InChI=1S/C13H18N2O4S2/c1-9-14-11(6-20-9)12(16)15-7-13(8-15)10(5-19-2)3-4-21(13,17)18/h6,10H,3-5,7-8H2,1-2H3/t10-/m1/s1. The van der Waals surface area contributed by atoms with Crippen LogP contribution >= 0.6 is 11.3 Å². The molecule has 8 heteroatoms. The molecule has 0 aliphatic carbocycles. The zero-order chi connectivity index (χ0) is 15.3. The van der Waals surface area contributed by atoms with Gasteiger partial charge in [-0.15, -0.1) is 11.3 Å². The quantitative estimate of drug-likeness (QED) is 0.816. The van der Waals surface area contributed by atoms with Crippen LogP contribution in [0, 0.1) is 12.8 Å². The van der Waals surface area contributed by atoms with Gasteiger partial charge in [0.15, 0.2) is 9.84 Å². The normalized spacial score (nSPS) is 26.0. The molecule has 3 rings (SSSR count). The molecular formula is C13H18N2O4S2. The summed E-state index contributed by atoms with van der Waals surface area (Å²) in [5, 5.41) is 2.55. The van der Waals surface area contributed by atoms with Crippen LogP contribution in [-0.4, -0.2) is 61.5 Å². The predicted octanol–water partition coefficient (Wildman–Crippen LogP) is 0.727. The van der Waals surface area contributed by atoms with E-state index < -0.39 is 14.6 Å². The predicted molar refractivity (Wildman–Crippen MR) is 79.3 cm³/mol. The van der Waals surface area contributed by atoms with Crippen molar-refractivity contribution in [3.8, 4) is 0 Å². The third-order valence-corrected chi connectivity index (χ3v) is 7.89. The zero-order valence-corrected chi connectivity index (χ0v) is 13.7. The van der Waals surface area contributed by atoms with Crippen molar-refractivity contribution in [3.63, 3.8) is 0 Å². The van der Waals surface area contributed by atoms with Crippen molar-refractivity contribution in [2.24, 2.45) is 5.92 Å². The van der Waals surface area contributed by atoms with Crippen molar-refractivity contribution < 1.29 is 17.9 Å². The van der Waals surface area contributed by atoms with Crippen LogP contribution in [0.25, 0.3) is 0 Å². The zero-order valence-electron chi connectivity index (χ0n) is 12.0. The Morgan fingerprint density at radius 1 is 1.57 bits per heavy atom. The van der Waals surface area contributed by atoms with Gasteiger partial charge in [0, 0.05) is 31.5 Å². The van der Waals surface area contributed by atoms with E-state index >= 15 is 0 Å². The highest BCUT2D eigenvalue weighted by molar-refractivity contribution is 7.93. The summed E-state index contributed by atoms with van der Waals surface area (Å²) >= 11 is 1.42. The van der Waals surface area contributed by atoms with Gasteiger partial charge in [-0.3, -0.25) is 4.79 Å². The Morgan fingerprint density at radius 3 is 2.86 bits per heavy atom. The average Bonchev–Trinajstić information content (AvgIpc) is 2.90. The molecule has 2 aliphatic heterocycles. The first-order valence-corrected chi connectivity index (χ1v) is 9.35. The number of nitrogens with zero attached hydrogens (tertiary/aromatic N) is 2. The number of sulfone groups is 1. The second kappa shape index (κ2) is 5.03. The lowest BCUT2D eigenvalue weighted by atomic mass is 9.83. The molecule has 2 aliphatic rings. The number of methoxy groups -OCH3 is 1. The lowest BCUT2D eigenvalue weighted by Crippen LogP contribution is -2.68. The molecule has 116 valence electrons. The Bertz CT molecular complexity index is 661. The second-order valence-electron chi connectivity index (χ2n) is 5.74. The van der Waals surface area contributed by atoms with Crippen LogP contribution in [0.5, 0.6) is 0 Å². The summed E-state index contributed by atoms with van der Waals surface area (Å²) in [5.74, 6) is -0.00394. The maximum Gasteiger partial charge on any atom is 0.273 e. The van der Waals surface area contributed by atoms with Crippen LogP contribution < -0.4 is 0 Å². The van der Waals surface area contributed by atoms with E-state index in [-0.39, 0.29) is 30.7 Å². The van der Waals surface area contributed by atoms with Crippen molar-refractivity contribution in [3.05, 3.63) is 16.1 Å². The Hall–Kier alpha value is -0.990. The summed E-state index contributed by atoms with van der Waals surface area (Å²) in [7, 11) is -1.57. The smallest absolute Gasteiger partial charge is 0.273 e. The Labute approximate surface area is 128 Å². The molecule has 0 saturated carbocycles. The number of hydrogen-bond donors (Lipinski definition) is 0. The van der Waals surface area contributed by atoms with Gasteiger partial charge < -0.3 is 9.64 Å². The number of thiazole rings is 1. The van der Waals surface area contributed by atoms with Gasteiger partial charge in [0.05, 0.1) is 17.4 Å². The first-order valence-electron chi connectivity index (χ1n) is 6.82. The van der Waals surface area contributed by atoms with Crippen molar-refractivity contribution in [1.29, 1.82) is 0 Å². The molecule has 0 unspecified atom stereocenters. The van der Waals surface area contributed by atoms with Crippen LogP contribution in [0.2, 0.25) is 0 Å². The van der Waals surface area contributed by atoms with E-state index in [2.05, 4.69) is 4.98 Å². The molecule has 0 aromatic carbocycles. The molecular weight excluding hydrogens is 312 g/mol. The molecule has 0 radical (unpaired) electrons. The fourth-order valence-corrected chi connectivity index (χ4v) is 6.26. The fraction of sp³-hybridized carbons (Fsp3) is 0.692. The molecule has 1 atom stereocenters. The second-order valence-corrected chi connectivity index (χ2v) is 9.25. The SMILES string of the molecule is COC[C@H]1CCS(=O)(=O)C12CN(C(=O)c1csc(C)n1)C2. The van der Waals surface area contributed by atoms with Crippen molar-refractivity contribution in [2.75, 3.05) is 32.6 Å². The Morgan fingerprint density at radius 2 is 2.29 bits per heavy atom. The monoisotopic (exact) mass is 330 g/mol. The molecule has 21 heavy (non-hydrogen) atoms. The van der Waals surface area contributed by atoms with Gasteiger partial charge in [-0.2, -0.15) is 0 Å². The molecule has 1 aromatic heterocycles. The maximum absolute atomic E-state index is 12.4. The summed E-state index contributed by atoms with van der Waals surface area (Å²) < 4.78 is 29.1. The number of aromatic nitrogens is 1. The molecule has 1 spiro atoms. The molecule has 2 saturated heterocycles. The molecule has 0 bridgehead atoms. The number of rotatable bonds is 3. The highest BCUT2D eigenvalue weighted by Gasteiger charge is 2.62. The Balaban J connectivity index is 1.77. The third-order valence-electron chi connectivity index (χ3n) is 4.51. The fourth-order valence-electron chi connectivity index (χ4n) is 3.28. The number of ether oxygens (including phenoxy) is 1. The lowest BCUT2D eigenvalue weighted by molar-refractivity contribution is 0.0332. The number of hydrogen-bond acceptors (Lipinski definition) is 6. The summed E-state index contributed by atoms with van der Waals surface area (Å²) in [5.41, 5.74) is 0.408. The number of carbonyl (C=O) groups is 1. The van der Waals surface area contributed by atoms with Gasteiger partial charge in [-0.1, -0.05) is 0 Å². The van der Waals surface area contributed by atoms with Crippen LogP contribution in [-0.2, 0) is 14.6 Å². The van der Waals surface area contributed by atoms with Crippen LogP contribution in [0.4, 0.5) is 0 Å². The molecule has 3 heterocycles. The molecule has 1 aromatic rings. The number of likely N-dealkylation sites (tertiary alicyclic amines) is 1. The van der Waals surface area contributed by atoms with E-state index in [9.17, 15) is 13.2 Å². The van der Waals surface area contributed by atoms with Gasteiger partial charge in [0.2, 0.25) is 0 Å². The number of aryl methyl sites for hydroxylation is 1. The van der Waals surface area contributed by atoms with Gasteiger partial charge in [-0.05, 0) is 13.3 Å². The number of carbonyl (C=O) groups excluding carboxylic acids is 1. The van der Waals surface area contributed by atoms with E-state index in [1.807, 2.05) is 6.92 Å². The van der Waals surface area contributed by atoms with Gasteiger partial charge in [0.25, 0.3) is 5.91 Å². The van der Waals surface area contributed by atoms with Gasteiger partial charge >= 0.3 is 0 Å². The summed E-state index contributed by atoms with van der Waals surface area (Å²) in [6.45, 7) is 2.80. The van der Waals surface area contributed by atoms with Gasteiger partial charge in [-0.25, -0.2) is 13.4 Å². The van der Waals surface area contributed by atoms with E-state index in [4.69, 9.17) is 4.74 Å². The third kappa shape index (κ3) is 2.20. The highest BCUT2D eigenvalue weighted by atomic mass is 32.2. The van der Waals surface area contributed by atoms with E-state index in [1.54, 1.807) is 17.4 Å². The first kappa shape index (κ1) is 14.9. The molecule has 0 N–H and O–H groups in total. The van der Waals surface area contributed by atoms with Gasteiger partial charge in [0.1, 0.15) is 10.4 Å². The van der Waals surface area contributed by atoms with E-state index in [0.29, 0.717) is 18.7 Å². The minimum Gasteiger partial charge on any atom is -0.384 e. The van der Waals surface area contributed by atoms with E-state index in [0.717, 1.165) is 5.01 Å². The van der Waals surface area contributed by atoms with Crippen LogP contribution in [0.3, 0.4) is 0 Å². The largest absolute Gasteiger partial charge is 0.384 e. The van der Waals surface area contributed by atoms with Crippen LogP contribution in [0.15, 0.2) is 5.38 Å². The topological polar surface area (TPSA) is 76.6 Å². The average molecular weight is 330 g/mol.